The van der Waals surface area contributed by atoms with Gasteiger partial charge in [0, 0.05) is 19.6 Å². The molecule has 0 saturated carbocycles. The van der Waals surface area contributed by atoms with Gasteiger partial charge in [-0.05, 0) is 20.0 Å². The average molecular weight is 236 g/mol. The Morgan fingerprint density at radius 1 is 1.24 bits per heavy atom. The minimum absolute atomic E-state index is 0.0133. The Kier molecular flexibility index (Phi) is 3.53. The van der Waals surface area contributed by atoms with E-state index in [0.717, 1.165) is 38.4 Å². The number of hydrogen-bond acceptors (Lipinski definition) is 5. The van der Waals surface area contributed by atoms with Gasteiger partial charge in [-0.1, -0.05) is 0 Å². The number of carbonyl (C=O) groups is 1. The van der Waals surface area contributed by atoms with E-state index in [-0.39, 0.29) is 5.69 Å². The van der Waals surface area contributed by atoms with Crippen LogP contribution < -0.4 is 4.90 Å². The van der Waals surface area contributed by atoms with Crippen molar-refractivity contribution in [2.24, 2.45) is 0 Å². The molecule has 1 aromatic heterocycles. The van der Waals surface area contributed by atoms with Crippen LogP contribution in [0.2, 0.25) is 0 Å². The SMILES string of the molecule is CN1CCCN(c2cnc(C(=O)O)cn2)CC1. The summed E-state index contributed by atoms with van der Waals surface area (Å²) in [6, 6.07) is 0. The van der Waals surface area contributed by atoms with Crippen molar-refractivity contribution in [2.75, 3.05) is 38.1 Å². The van der Waals surface area contributed by atoms with E-state index in [1.54, 1.807) is 0 Å². The molecule has 1 N–H and O–H groups in total. The molecule has 0 aliphatic carbocycles. The van der Waals surface area contributed by atoms with Crippen LogP contribution in [0.5, 0.6) is 0 Å². The van der Waals surface area contributed by atoms with E-state index < -0.39 is 5.97 Å². The van der Waals surface area contributed by atoms with Gasteiger partial charge < -0.3 is 14.9 Å². The van der Waals surface area contributed by atoms with Crippen molar-refractivity contribution in [3.05, 3.63) is 18.1 Å². The van der Waals surface area contributed by atoms with E-state index in [1.165, 1.54) is 12.4 Å². The topological polar surface area (TPSA) is 69.6 Å². The summed E-state index contributed by atoms with van der Waals surface area (Å²) in [5, 5.41) is 8.74. The number of anilines is 1. The zero-order valence-electron chi connectivity index (χ0n) is 9.83. The minimum Gasteiger partial charge on any atom is -0.476 e. The summed E-state index contributed by atoms with van der Waals surface area (Å²) >= 11 is 0. The summed E-state index contributed by atoms with van der Waals surface area (Å²) in [6.45, 7) is 3.91. The smallest absolute Gasteiger partial charge is 0.356 e. The fraction of sp³-hybridized carbons (Fsp3) is 0.545. The van der Waals surface area contributed by atoms with Crippen LogP contribution >= 0.6 is 0 Å². The highest BCUT2D eigenvalue weighted by atomic mass is 16.4. The molecule has 0 aromatic carbocycles. The molecule has 1 fully saturated rings. The average Bonchev–Trinajstić information content (AvgIpc) is 2.54. The molecule has 1 saturated heterocycles. The maximum Gasteiger partial charge on any atom is 0.356 e. The van der Waals surface area contributed by atoms with Crippen LogP contribution in [0.15, 0.2) is 12.4 Å². The van der Waals surface area contributed by atoms with Crippen molar-refractivity contribution in [3.63, 3.8) is 0 Å². The van der Waals surface area contributed by atoms with Crippen LogP contribution in [0.25, 0.3) is 0 Å². The maximum atomic E-state index is 10.7. The number of rotatable bonds is 2. The normalized spacial score (nSPS) is 17.8. The Morgan fingerprint density at radius 2 is 2.06 bits per heavy atom. The van der Waals surface area contributed by atoms with Gasteiger partial charge in [-0.15, -0.1) is 0 Å². The maximum absolute atomic E-state index is 10.7. The van der Waals surface area contributed by atoms with Crippen molar-refractivity contribution >= 4 is 11.8 Å². The molecular weight excluding hydrogens is 220 g/mol. The summed E-state index contributed by atoms with van der Waals surface area (Å²) in [5.74, 6) is -0.287. The lowest BCUT2D eigenvalue weighted by Crippen LogP contribution is -2.29. The summed E-state index contributed by atoms with van der Waals surface area (Å²) in [5.41, 5.74) is -0.0133. The molecule has 0 bridgehead atoms. The van der Waals surface area contributed by atoms with Crippen molar-refractivity contribution in [3.8, 4) is 0 Å². The lowest BCUT2D eigenvalue weighted by Gasteiger charge is -2.20. The Morgan fingerprint density at radius 3 is 2.71 bits per heavy atom. The van der Waals surface area contributed by atoms with Gasteiger partial charge in [-0.25, -0.2) is 14.8 Å². The minimum atomic E-state index is -1.04. The molecule has 0 spiro atoms. The second-order valence-corrected chi connectivity index (χ2v) is 4.21. The Hall–Kier alpha value is -1.69. The monoisotopic (exact) mass is 236 g/mol. The Bertz CT molecular complexity index is 393. The van der Waals surface area contributed by atoms with Gasteiger partial charge in [-0.2, -0.15) is 0 Å². The molecule has 1 aliphatic heterocycles. The van der Waals surface area contributed by atoms with E-state index in [1.807, 2.05) is 0 Å². The van der Waals surface area contributed by atoms with Crippen LogP contribution in [0, 0.1) is 0 Å². The summed E-state index contributed by atoms with van der Waals surface area (Å²) in [6.07, 6.45) is 3.93. The number of aromatic carboxylic acids is 1. The first-order valence-corrected chi connectivity index (χ1v) is 5.65. The number of aromatic nitrogens is 2. The molecule has 17 heavy (non-hydrogen) atoms. The molecule has 0 atom stereocenters. The molecule has 2 heterocycles. The summed E-state index contributed by atoms with van der Waals surface area (Å²) in [4.78, 5) is 23.1. The van der Waals surface area contributed by atoms with E-state index in [4.69, 9.17) is 5.11 Å². The molecule has 0 radical (unpaired) electrons. The van der Waals surface area contributed by atoms with Gasteiger partial charge in [0.2, 0.25) is 0 Å². The lowest BCUT2D eigenvalue weighted by atomic mass is 10.4. The number of carboxylic acids is 1. The highest BCUT2D eigenvalue weighted by Gasteiger charge is 2.14. The molecule has 0 amide bonds. The molecule has 6 heteroatoms. The predicted octanol–water partition coefficient (Wildman–Crippen LogP) is 0.317. The number of hydrogen-bond donors (Lipinski definition) is 1. The van der Waals surface area contributed by atoms with Crippen LogP contribution in [-0.4, -0.2) is 59.2 Å². The highest BCUT2D eigenvalue weighted by Crippen LogP contribution is 2.12. The quantitative estimate of drug-likeness (QED) is 0.797. The van der Waals surface area contributed by atoms with Gasteiger partial charge in [0.25, 0.3) is 0 Å². The lowest BCUT2D eigenvalue weighted by molar-refractivity contribution is 0.0690. The van der Waals surface area contributed by atoms with Gasteiger partial charge >= 0.3 is 5.97 Å². The molecule has 1 aromatic rings. The van der Waals surface area contributed by atoms with Gasteiger partial charge in [0.1, 0.15) is 5.82 Å². The number of carboxylic acid groups (broad SMARTS) is 1. The van der Waals surface area contributed by atoms with Gasteiger partial charge in [-0.3, -0.25) is 0 Å². The van der Waals surface area contributed by atoms with Crippen molar-refractivity contribution in [1.29, 1.82) is 0 Å². The first kappa shape index (κ1) is 11.8. The molecule has 6 nitrogen and oxygen atoms in total. The van der Waals surface area contributed by atoms with Crippen LogP contribution in [0.1, 0.15) is 16.9 Å². The van der Waals surface area contributed by atoms with Gasteiger partial charge in [0.05, 0.1) is 12.4 Å². The predicted molar refractivity (Wildman–Crippen MR) is 63.3 cm³/mol. The second-order valence-electron chi connectivity index (χ2n) is 4.21. The second kappa shape index (κ2) is 5.09. The molecule has 0 unspecified atom stereocenters. The third kappa shape index (κ3) is 2.91. The fourth-order valence-corrected chi connectivity index (χ4v) is 1.87. The number of likely N-dealkylation sites (N-methyl/N-ethyl adjacent to an activating group) is 1. The third-order valence-electron chi connectivity index (χ3n) is 2.90. The Labute approximate surface area is 99.9 Å². The van der Waals surface area contributed by atoms with Crippen molar-refractivity contribution in [2.45, 2.75) is 6.42 Å². The first-order valence-electron chi connectivity index (χ1n) is 5.65. The van der Waals surface area contributed by atoms with E-state index in [2.05, 4.69) is 26.8 Å². The standard InChI is InChI=1S/C11H16N4O2/c1-14-3-2-4-15(6-5-14)10-8-12-9(7-13-10)11(16)17/h7-8H,2-6H2,1H3,(H,16,17). The Balaban J connectivity index is 2.08. The van der Waals surface area contributed by atoms with Gasteiger partial charge in [0.15, 0.2) is 5.69 Å². The molecule has 92 valence electrons. The first-order chi connectivity index (χ1) is 8.16. The van der Waals surface area contributed by atoms with Crippen LogP contribution in [-0.2, 0) is 0 Å². The van der Waals surface area contributed by atoms with Crippen LogP contribution in [0.4, 0.5) is 5.82 Å². The largest absolute Gasteiger partial charge is 0.476 e. The van der Waals surface area contributed by atoms with Crippen LogP contribution in [0.3, 0.4) is 0 Å². The molecule has 2 rings (SSSR count). The highest BCUT2D eigenvalue weighted by molar-refractivity contribution is 5.84. The van der Waals surface area contributed by atoms with Crippen molar-refractivity contribution < 1.29 is 9.90 Å². The summed E-state index contributed by atoms with van der Waals surface area (Å²) in [7, 11) is 2.10. The number of nitrogens with zero attached hydrogens (tertiary/aromatic N) is 4. The molecular formula is C11H16N4O2. The molecule has 1 aliphatic rings. The zero-order chi connectivity index (χ0) is 12.3. The fourth-order valence-electron chi connectivity index (χ4n) is 1.87. The third-order valence-corrected chi connectivity index (χ3v) is 2.90. The van der Waals surface area contributed by atoms with E-state index >= 15 is 0 Å². The summed E-state index contributed by atoms with van der Waals surface area (Å²) < 4.78 is 0. The van der Waals surface area contributed by atoms with Crippen molar-refractivity contribution in [1.82, 2.24) is 14.9 Å². The van der Waals surface area contributed by atoms with E-state index in [0.29, 0.717) is 0 Å². The van der Waals surface area contributed by atoms with E-state index in [9.17, 15) is 4.79 Å². The zero-order valence-corrected chi connectivity index (χ0v) is 9.83.